The van der Waals surface area contributed by atoms with Gasteiger partial charge >= 0.3 is 12.3 Å². The summed E-state index contributed by atoms with van der Waals surface area (Å²) in [6.45, 7) is 2.71. The molecule has 8 nitrogen and oxygen atoms in total. The first-order valence-electron chi connectivity index (χ1n) is 16.3. The van der Waals surface area contributed by atoms with E-state index < -0.39 is 29.6 Å². The van der Waals surface area contributed by atoms with Crippen LogP contribution in [0.1, 0.15) is 54.5 Å². The summed E-state index contributed by atoms with van der Waals surface area (Å²) in [5.41, 5.74) is 5.88. The van der Waals surface area contributed by atoms with E-state index in [-0.39, 0.29) is 36.9 Å². The summed E-state index contributed by atoms with van der Waals surface area (Å²) < 4.78 is 51.2. The van der Waals surface area contributed by atoms with E-state index >= 15 is 0 Å². The van der Waals surface area contributed by atoms with Crippen molar-refractivity contribution in [2.45, 2.75) is 25.6 Å². The van der Waals surface area contributed by atoms with Gasteiger partial charge < -0.3 is 25.0 Å². The molecule has 1 aliphatic heterocycles. The molecule has 3 amide bonds. The van der Waals surface area contributed by atoms with Crippen LogP contribution in [0.25, 0.3) is 11.1 Å². The van der Waals surface area contributed by atoms with Gasteiger partial charge in [-0.15, -0.1) is 0 Å². The fraction of sp³-hybridized carbons (Fsp3) is 0.175. The van der Waals surface area contributed by atoms with Gasteiger partial charge in [-0.25, -0.2) is 4.79 Å². The lowest BCUT2D eigenvalue weighted by Crippen LogP contribution is -2.33. The van der Waals surface area contributed by atoms with Gasteiger partial charge in [0.05, 0.1) is 18.7 Å². The highest BCUT2D eigenvalue weighted by molar-refractivity contribution is 6.07. The van der Waals surface area contributed by atoms with Crippen molar-refractivity contribution in [3.8, 4) is 16.9 Å². The molecule has 258 valence electrons. The van der Waals surface area contributed by atoms with Crippen LogP contribution >= 0.6 is 0 Å². The number of anilines is 2. The summed E-state index contributed by atoms with van der Waals surface area (Å²) >= 11 is 0. The minimum atomic E-state index is -4.58. The Morgan fingerprint density at radius 2 is 1.49 bits per heavy atom. The number of carbonyl (C=O) groups excluding carboxylic acids is 3. The van der Waals surface area contributed by atoms with Crippen molar-refractivity contribution in [1.29, 1.82) is 0 Å². The van der Waals surface area contributed by atoms with Crippen molar-refractivity contribution in [1.82, 2.24) is 4.90 Å². The molecule has 5 aromatic rings. The van der Waals surface area contributed by atoms with Gasteiger partial charge in [-0.1, -0.05) is 66.7 Å². The predicted octanol–water partition coefficient (Wildman–Crippen LogP) is 8.66. The molecule has 0 bridgehead atoms. The lowest BCUT2D eigenvalue weighted by atomic mass is 9.98. The van der Waals surface area contributed by atoms with Crippen molar-refractivity contribution in [3.63, 3.8) is 0 Å². The van der Waals surface area contributed by atoms with Gasteiger partial charge in [0.15, 0.2) is 0 Å². The molecule has 0 fully saturated rings. The number of rotatable bonds is 6. The third-order valence-corrected chi connectivity index (χ3v) is 9.10. The molecule has 51 heavy (non-hydrogen) atoms. The SMILES string of the molecule is Cc1ccc(NC(=O)c2cccc(C(F)(F)F)c2)cc1NC(=O)c1ccc2c(c1)OCCN(C(=O)OCC1c3ccccc3-c3ccccc31)C2. The second-order valence-electron chi connectivity index (χ2n) is 12.4. The van der Waals surface area contributed by atoms with Crippen LogP contribution in [-0.2, 0) is 17.5 Å². The molecule has 0 saturated carbocycles. The van der Waals surface area contributed by atoms with Crippen molar-refractivity contribution in [2.24, 2.45) is 0 Å². The molecule has 0 spiro atoms. The molecule has 0 atom stereocenters. The van der Waals surface area contributed by atoms with Gasteiger partial charge in [-0.2, -0.15) is 13.2 Å². The van der Waals surface area contributed by atoms with E-state index in [9.17, 15) is 27.6 Å². The number of nitrogens with zero attached hydrogens (tertiary/aromatic N) is 1. The summed E-state index contributed by atoms with van der Waals surface area (Å²) in [7, 11) is 0. The van der Waals surface area contributed by atoms with Crippen LogP contribution in [0.2, 0.25) is 0 Å². The van der Waals surface area contributed by atoms with E-state index in [0.717, 1.165) is 34.4 Å². The van der Waals surface area contributed by atoms with Crippen LogP contribution in [0.5, 0.6) is 5.75 Å². The molecule has 1 aliphatic carbocycles. The Labute approximate surface area is 291 Å². The van der Waals surface area contributed by atoms with Crippen LogP contribution in [0.4, 0.5) is 29.3 Å². The van der Waals surface area contributed by atoms with Gasteiger partial charge in [0.25, 0.3) is 11.8 Å². The normalized spacial score (nSPS) is 13.6. The van der Waals surface area contributed by atoms with E-state index in [1.165, 1.54) is 18.2 Å². The number of fused-ring (bicyclic) bond motifs is 4. The number of aryl methyl sites for hydroxylation is 1. The molecule has 2 aliphatic rings. The second-order valence-corrected chi connectivity index (χ2v) is 12.4. The number of amides is 3. The quantitative estimate of drug-likeness (QED) is 0.186. The summed E-state index contributed by atoms with van der Waals surface area (Å²) in [6.07, 6.45) is -5.04. The molecule has 0 radical (unpaired) electrons. The number of benzene rings is 5. The monoisotopic (exact) mass is 691 g/mol. The third-order valence-electron chi connectivity index (χ3n) is 9.10. The standard InChI is InChI=1S/C40H32F3N3O5/c1-24-13-16-29(44-37(47)25-7-6-8-28(19-25)40(41,42)43)21-35(24)45-38(48)26-14-15-27-22-46(17-18-50-36(27)20-26)39(49)51-23-34-32-11-4-2-9-30(32)31-10-3-5-12-33(31)34/h2-16,19-21,34H,17-18,22-23H2,1H3,(H,44,47)(H,45,48). The van der Waals surface area contributed by atoms with E-state index in [1.807, 2.05) is 24.3 Å². The Kier molecular flexibility index (Phi) is 8.95. The van der Waals surface area contributed by atoms with Crippen molar-refractivity contribution >= 4 is 29.3 Å². The predicted molar refractivity (Wildman–Crippen MR) is 186 cm³/mol. The van der Waals surface area contributed by atoms with Gasteiger partial charge in [-0.3, -0.25) is 9.59 Å². The summed E-state index contributed by atoms with van der Waals surface area (Å²) in [6, 6.07) is 30.2. The first kappa shape index (κ1) is 33.4. The van der Waals surface area contributed by atoms with Crippen LogP contribution < -0.4 is 15.4 Å². The molecule has 0 unspecified atom stereocenters. The fourth-order valence-electron chi connectivity index (χ4n) is 6.42. The average Bonchev–Trinajstić information content (AvgIpc) is 3.28. The smallest absolute Gasteiger partial charge is 0.416 e. The third kappa shape index (κ3) is 7.00. The first-order chi connectivity index (χ1) is 24.5. The van der Waals surface area contributed by atoms with Gasteiger partial charge in [-0.05, 0) is 77.2 Å². The summed E-state index contributed by atoms with van der Waals surface area (Å²) in [5.74, 6) is -0.759. The topological polar surface area (TPSA) is 97.0 Å². The van der Waals surface area contributed by atoms with E-state index in [0.29, 0.717) is 34.7 Å². The zero-order valence-corrected chi connectivity index (χ0v) is 27.4. The van der Waals surface area contributed by atoms with Gasteiger partial charge in [0.1, 0.15) is 19.0 Å². The largest absolute Gasteiger partial charge is 0.491 e. The van der Waals surface area contributed by atoms with Crippen LogP contribution in [-0.4, -0.2) is 42.6 Å². The zero-order chi connectivity index (χ0) is 35.7. The first-order valence-corrected chi connectivity index (χ1v) is 16.3. The molecule has 5 aromatic carbocycles. The molecular formula is C40H32F3N3O5. The molecule has 11 heteroatoms. The van der Waals surface area contributed by atoms with Crippen LogP contribution in [0.3, 0.4) is 0 Å². The lowest BCUT2D eigenvalue weighted by molar-refractivity contribution is -0.137. The molecule has 7 rings (SSSR count). The number of hydrogen-bond donors (Lipinski definition) is 2. The fourth-order valence-corrected chi connectivity index (χ4v) is 6.42. The van der Waals surface area contributed by atoms with Crippen molar-refractivity contribution < 1.29 is 37.0 Å². The highest BCUT2D eigenvalue weighted by Crippen LogP contribution is 2.44. The lowest BCUT2D eigenvalue weighted by Gasteiger charge is -2.21. The molecule has 2 N–H and O–H groups in total. The van der Waals surface area contributed by atoms with Crippen LogP contribution in [0.15, 0.2) is 109 Å². The number of ether oxygens (including phenoxy) is 2. The van der Waals surface area contributed by atoms with Crippen molar-refractivity contribution in [3.05, 3.63) is 148 Å². The Hall–Kier alpha value is -6.10. The Morgan fingerprint density at radius 3 is 2.22 bits per heavy atom. The summed E-state index contributed by atoms with van der Waals surface area (Å²) in [5, 5.41) is 5.43. The zero-order valence-electron chi connectivity index (χ0n) is 27.4. The number of carbonyl (C=O) groups is 3. The van der Waals surface area contributed by atoms with Crippen molar-refractivity contribution in [2.75, 3.05) is 30.4 Å². The van der Waals surface area contributed by atoms with Crippen LogP contribution in [0, 0.1) is 6.92 Å². The maximum absolute atomic E-state index is 13.3. The highest BCUT2D eigenvalue weighted by atomic mass is 19.4. The number of nitrogens with one attached hydrogen (secondary N) is 2. The molecule has 0 aromatic heterocycles. The minimum Gasteiger partial charge on any atom is -0.491 e. The maximum atomic E-state index is 13.3. The Morgan fingerprint density at radius 1 is 0.804 bits per heavy atom. The Bertz CT molecular complexity index is 2120. The second kappa shape index (κ2) is 13.7. The number of hydrogen-bond acceptors (Lipinski definition) is 5. The molecular weight excluding hydrogens is 659 g/mol. The molecule has 1 heterocycles. The van der Waals surface area contributed by atoms with Gasteiger partial charge in [0.2, 0.25) is 0 Å². The Balaban J connectivity index is 0.994. The highest BCUT2D eigenvalue weighted by Gasteiger charge is 2.32. The van der Waals surface area contributed by atoms with E-state index in [4.69, 9.17) is 9.47 Å². The average molecular weight is 692 g/mol. The van der Waals surface area contributed by atoms with E-state index in [1.54, 1.807) is 42.2 Å². The maximum Gasteiger partial charge on any atom is 0.416 e. The minimum absolute atomic E-state index is 0.0612. The molecule has 0 saturated heterocycles. The van der Waals surface area contributed by atoms with Gasteiger partial charge in [0, 0.05) is 34.0 Å². The van der Waals surface area contributed by atoms with E-state index in [2.05, 4.69) is 34.9 Å². The summed E-state index contributed by atoms with van der Waals surface area (Å²) in [4.78, 5) is 41.0. The number of alkyl halides is 3. The number of halogens is 3.